The molecule has 39 heavy (non-hydrogen) atoms. The quantitative estimate of drug-likeness (QED) is 0.115. The Hall–Kier alpha value is -2.86. The first-order valence-electron chi connectivity index (χ1n) is 13.8. The molecule has 220 valence electrons. The molecule has 0 saturated heterocycles. The predicted octanol–water partition coefficient (Wildman–Crippen LogP) is 6.60. The molecule has 0 aromatic heterocycles. The lowest BCUT2D eigenvalue weighted by Crippen LogP contribution is -2.05. The zero-order valence-corrected chi connectivity index (χ0v) is 25.1. The minimum absolute atomic E-state index is 0.166. The Morgan fingerprint density at radius 3 is 1.82 bits per heavy atom. The third kappa shape index (κ3) is 20.7. The van der Waals surface area contributed by atoms with Gasteiger partial charge < -0.3 is 20.1 Å². The number of carbonyl (C=O) groups excluding carboxylic acids is 2. The van der Waals surface area contributed by atoms with E-state index in [9.17, 15) is 5.11 Å². The Balaban J connectivity index is -0.00000102. The fourth-order valence-electron chi connectivity index (χ4n) is 3.93. The number of aliphatic hydroxyl groups excluding tert-OH is 3. The van der Waals surface area contributed by atoms with Gasteiger partial charge in [0.15, 0.2) is 0 Å². The van der Waals surface area contributed by atoms with Crippen molar-refractivity contribution in [1.29, 1.82) is 0 Å². The maximum absolute atomic E-state index is 9.65. The summed E-state index contributed by atoms with van der Waals surface area (Å²) in [6.45, 7) is 17.8. The van der Waals surface area contributed by atoms with Gasteiger partial charge in [-0.05, 0) is 86.3 Å². The topological polar surface area (TPSA) is 94.8 Å². The third-order valence-corrected chi connectivity index (χ3v) is 5.77. The van der Waals surface area contributed by atoms with E-state index in [-0.39, 0.29) is 19.1 Å². The summed E-state index contributed by atoms with van der Waals surface area (Å²) in [5.41, 5.74) is 8.19. The van der Waals surface area contributed by atoms with Crippen LogP contribution in [0.15, 0.2) is 67.3 Å². The van der Waals surface area contributed by atoms with Crippen LogP contribution in [-0.4, -0.2) is 48.7 Å². The normalized spacial score (nSPS) is 9.95. The van der Waals surface area contributed by atoms with Gasteiger partial charge in [-0.1, -0.05) is 81.3 Å². The van der Waals surface area contributed by atoms with Gasteiger partial charge in [0.05, 0.1) is 6.61 Å². The Morgan fingerprint density at radius 1 is 0.872 bits per heavy atom. The van der Waals surface area contributed by atoms with Gasteiger partial charge in [-0.2, -0.15) is 0 Å². The molecule has 0 saturated carbocycles. The number of benzene rings is 2. The van der Waals surface area contributed by atoms with Gasteiger partial charge in [-0.25, -0.2) is 0 Å². The van der Waals surface area contributed by atoms with Crippen LogP contribution in [0.1, 0.15) is 87.1 Å². The average molecular weight is 543 g/mol. The first kappa shape index (κ1) is 40.6. The summed E-state index contributed by atoms with van der Waals surface area (Å²) in [6, 6.07) is 15.9. The summed E-state index contributed by atoms with van der Waals surface area (Å²) < 4.78 is 0. The molecule has 0 fully saturated rings. The molecular weight excluding hydrogens is 488 g/mol. The number of aliphatic hydroxyl groups is 3. The Labute approximate surface area is 238 Å². The molecule has 0 bridgehead atoms. The number of allylic oxidation sites excluding steroid dienone is 2. The largest absolute Gasteiger partial charge is 0.400 e. The number of aryl methyl sites for hydroxylation is 4. The van der Waals surface area contributed by atoms with E-state index in [0.717, 1.165) is 38.4 Å². The Morgan fingerprint density at radius 2 is 1.38 bits per heavy atom. The van der Waals surface area contributed by atoms with Crippen LogP contribution in [0.3, 0.4) is 0 Å². The molecular formula is C34H54O5. The van der Waals surface area contributed by atoms with Crippen LogP contribution < -0.4 is 0 Å². The summed E-state index contributed by atoms with van der Waals surface area (Å²) in [5, 5.41) is 24.2. The van der Waals surface area contributed by atoms with Crippen LogP contribution in [0.2, 0.25) is 0 Å². The number of carbonyl (C=O) groups is 2. The molecule has 5 nitrogen and oxygen atoms in total. The van der Waals surface area contributed by atoms with E-state index in [1.807, 2.05) is 13.7 Å². The van der Waals surface area contributed by atoms with Gasteiger partial charge in [0.1, 0.15) is 13.1 Å². The monoisotopic (exact) mass is 542 g/mol. The molecule has 5 heteroatoms. The van der Waals surface area contributed by atoms with E-state index in [1.54, 1.807) is 6.92 Å². The van der Waals surface area contributed by atoms with Gasteiger partial charge in [0.25, 0.3) is 0 Å². The maximum atomic E-state index is 9.65. The van der Waals surface area contributed by atoms with Crippen LogP contribution in [0, 0.1) is 0 Å². The van der Waals surface area contributed by atoms with E-state index in [0.29, 0.717) is 6.29 Å². The van der Waals surface area contributed by atoms with Gasteiger partial charge in [0.2, 0.25) is 0 Å². The fourth-order valence-corrected chi connectivity index (χ4v) is 3.93. The van der Waals surface area contributed by atoms with Gasteiger partial charge in [-0.15, -0.1) is 6.58 Å². The number of hydrogen-bond donors (Lipinski definition) is 3. The van der Waals surface area contributed by atoms with Crippen molar-refractivity contribution >= 4 is 13.1 Å². The van der Waals surface area contributed by atoms with Crippen LogP contribution >= 0.6 is 0 Å². The summed E-state index contributed by atoms with van der Waals surface area (Å²) in [4.78, 5) is 17.1. The molecule has 0 aliphatic carbocycles. The van der Waals surface area contributed by atoms with E-state index in [1.165, 1.54) is 59.6 Å². The molecule has 2 rings (SSSR count). The van der Waals surface area contributed by atoms with Crippen molar-refractivity contribution in [3.05, 3.63) is 95.1 Å². The highest BCUT2D eigenvalue weighted by Crippen LogP contribution is 2.23. The van der Waals surface area contributed by atoms with E-state index < -0.39 is 0 Å². The second-order valence-corrected chi connectivity index (χ2v) is 8.88. The summed E-state index contributed by atoms with van der Waals surface area (Å²) in [7, 11) is 1.00. The zero-order valence-electron chi connectivity index (χ0n) is 25.1. The summed E-state index contributed by atoms with van der Waals surface area (Å²) >= 11 is 0. The minimum atomic E-state index is 0.166. The first-order valence-corrected chi connectivity index (χ1v) is 13.8. The number of aldehydes is 1. The van der Waals surface area contributed by atoms with Gasteiger partial charge in [0, 0.05) is 19.6 Å². The molecule has 0 radical (unpaired) electrons. The summed E-state index contributed by atoms with van der Waals surface area (Å²) in [6.07, 6.45) is 11.1. The van der Waals surface area contributed by atoms with Crippen molar-refractivity contribution in [2.24, 2.45) is 0 Å². The molecule has 0 aliphatic rings. The predicted molar refractivity (Wildman–Crippen MR) is 166 cm³/mol. The number of unbranched alkanes of at least 4 members (excludes halogenated alkanes) is 2. The van der Waals surface area contributed by atoms with E-state index in [2.05, 4.69) is 69.5 Å². The van der Waals surface area contributed by atoms with Gasteiger partial charge >= 0.3 is 0 Å². The fraction of sp³-hybridized carbons (Fsp3) is 0.471. The van der Waals surface area contributed by atoms with Crippen molar-refractivity contribution in [2.75, 3.05) is 20.3 Å². The Bertz CT molecular complexity index is 852. The lowest BCUT2D eigenvalue weighted by molar-refractivity contribution is -0.104. The van der Waals surface area contributed by atoms with Crippen LogP contribution in [0.25, 0.3) is 0 Å². The molecule has 3 N–H and O–H groups in total. The molecule has 2 aromatic carbocycles. The van der Waals surface area contributed by atoms with Crippen molar-refractivity contribution < 1.29 is 24.9 Å². The smallest absolute Gasteiger partial charge is 0.142 e. The van der Waals surface area contributed by atoms with Crippen molar-refractivity contribution in [2.45, 2.75) is 85.0 Å². The van der Waals surface area contributed by atoms with Crippen LogP contribution in [0.5, 0.6) is 0 Å². The van der Waals surface area contributed by atoms with Crippen molar-refractivity contribution in [3.63, 3.8) is 0 Å². The SMILES string of the molecule is C=C(C)CC(CO)c1ccc(CCc2ccc(CCCCC)c(CC)c2)cc1.C=CC=O.C=O.CCO.CO. The van der Waals surface area contributed by atoms with Crippen molar-refractivity contribution in [3.8, 4) is 0 Å². The Kier molecular flexibility index (Phi) is 30.9. The second kappa shape index (κ2) is 29.7. The van der Waals surface area contributed by atoms with Crippen LogP contribution in [-0.2, 0) is 35.3 Å². The van der Waals surface area contributed by atoms with E-state index >= 15 is 0 Å². The zero-order chi connectivity index (χ0) is 30.5. The highest BCUT2D eigenvalue weighted by Gasteiger charge is 2.10. The molecule has 2 aromatic rings. The standard InChI is InChI=1S/C27H38O.C3H4O.C2H6O.CH4O.CH2O/c1-5-7-8-9-25-17-14-23(19-24(25)6-2)11-10-22-12-15-26(16-13-22)27(20-28)18-21(3)4;1-2-3-4;1-2-3;2*1-2/h12-17,19,27-28H,3,5-11,18,20H2,1-2,4H3;2-3H,1H2;3H,2H2,1H3;2H,1H3;1H2. The molecule has 0 amide bonds. The lowest BCUT2D eigenvalue weighted by atomic mass is 9.92. The second-order valence-electron chi connectivity index (χ2n) is 8.88. The maximum Gasteiger partial charge on any atom is 0.142 e. The van der Waals surface area contributed by atoms with Gasteiger partial charge in [-0.3, -0.25) is 4.79 Å². The highest BCUT2D eigenvalue weighted by molar-refractivity contribution is 5.63. The van der Waals surface area contributed by atoms with E-state index in [4.69, 9.17) is 19.8 Å². The summed E-state index contributed by atoms with van der Waals surface area (Å²) in [5.74, 6) is 0.166. The molecule has 1 unspecified atom stereocenters. The molecule has 1 atom stereocenters. The lowest BCUT2D eigenvalue weighted by Gasteiger charge is -2.15. The number of rotatable bonds is 13. The molecule has 0 aliphatic heterocycles. The minimum Gasteiger partial charge on any atom is -0.400 e. The molecule has 0 spiro atoms. The first-order chi connectivity index (χ1) is 18.9. The molecule has 0 heterocycles. The highest BCUT2D eigenvalue weighted by atomic mass is 16.3. The van der Waals surface area contributed by atoms with Crippen molar-refractivity contribution in [1.82, 2.24) is 0 Å². The number of hydrogen-bond acceptors (Lipinski definition) is 5. The third-order valence-electron chi connectivity index (χ3n) is 5.77. The van der Waals surface area contributed by atoms with Crippen LogP contribution in [0.4, 0.5) is 0 Å². The average Bonchev–Trinajstić information content (AvgIpc) is 2.98.